The molecule has 0 radical (unpaired) electrons. The number of nitrogens with one attached hydrogen (secondary N) is 2. The van der Waals surface area contributed by atoms with E-state index in [2.05, 4.69) is 32.4 Å². The normalized spacial score (nSPS) is 15.4. The minimum atomic E-state index is -0.236. The molecule has 1 saturated heterocycles. The van der Waals surface area contributed by atoms with Gasteiger partial charge in [0.15, 0.2) is 5.69 Å². The fourth-order valence-electron chi connectivity index (χ4n) is 2.82. The monoisotopic (exact) mass is 335 g/mol. The highest BCUT2D eigenvalue weighted by molar-refractivity contribution is 6.04. The van der Waals surface area contributed by atoms with E-state index < -0.39 is 0 Å². The van der Waals surface area contributed by atoms with Crippen molar-refractivity contribution in [2.45, 2.75) is 18.9 Å². The van der Waals surface area contributed by atoms with Crippen LogP contribution < -0.4 is 10.6 Å². The predicted octanol–water partition coefficient (Wildman–Crippen LogP) is 3.39. The molecular weight excluding hydrogens is 314 g/mol. The highest BCUT2D eigenvalue weighted by Crippen LogP contribution is 2.17. The van der Waals surface area contributed by atoms with Gasteiger partial charge in [0, 0.05) is 11.6 Å². The van der Waals surface area contributed by atoms with E-state index in [1.165, 1.54) is 0 Å². The van der Waals surface area contributed by atoms with Crippen molar-refractivity contribution in [1.82, 2.24) is 9.88 Å². The number of carbonyl (C=O) groups is 1. The van der Waals surface area contributed by atoms with Gasteiger partial charge in [-0.05, 0) is 45.1 Å². The fourth-order valence-corrected chi connectivity index (χ4v) is 2.82. The van der Waals surface area contributed by atoms with Crippen molar-refractivity contribution in [3.8, 4) is 0 Å². The van der Waals surface area contributed by atoms with Gasteiger partial charge in [0.25, 0.3) is 5.91 Å². The average Bonchev–Trinajstić information content (AvgIpc) is 2.64. The van der Waals surface area contributed by atoms with Gasteiger partial charge >= 0.3 is 0 Å². The maximum absolute atomic E-state index is 12.3. The maximum atomic E-state index is 12.3. The second kappa shape index (κ2) is 7.77. The number of likely N-dealkylation sites (tertiary alicyclic amines) is 1. The van der Waals surface area contributed by atoms with Gasteiger partial charge in [-0.15, -0.1) is 0 Å². The first kappa shape index (κ1) is 16.9. The van der Waals surface area contributed by atoms with Crippen LogP contribution >= 0.6 is 0 Å². The molecule has 2 N–H and O–H groups in total. The summed E-state index contributed by atoms with van der Waals surface area (Å²) in [7, 11) is 2.13. The van der Waals surface area contributed by atoms with E-state index in [9.17, 15) is 4.79 Å². The molecule has 128 valence electrons. The number of piperidine rings is 1. The van der Waals surface area contributed by atoms with Gasteiger partial charge < -0.3 is 15.5 Å². The largest absolute Gasteiger partial charge is 0.367 e. The highest BCUT2D eigenvalue weighted by Gasteiger charge is 2.16. The van der Waals surface area contributed by atoms with Gasteiger partial charge in [0.1, 0.15) is 11.6 Å². The molecule has 2 aromatic rings. The minimum Gasteiger partial charge on any atom is -0.367 e. The lowest BCUT2D eigenvalue weighted by Crippen LogP contribution is -2.36. The van der Waals surface area contributed by atoms with E-state index in [1.54, 1.807) is 30.3 Å². The number of amides is 1. The molecule has 1 aromatic carbocycles. The van der Waals surface area contributed by atoms with Crippen molar-refractivity contribution in [2.24, 2.45) is 0 Å². The van der Waals surface area contributed by atoms with Gasteiger partial charge in [-0.2, -0.15) is 0 Å². The molecule has 6 nitrogen and oxygen atoms in total. The third kappa shape index (κ3) is 4.55. The summed E-state index contributed by atoms with van der Waals surface area (Å²) in [6, 6.07) is 12.5. The Bertz CT molecular complexity index is 773. The number of anilines is 2. The molecule has 0 unspecified atom stereocenters. The zero-order chi connectivity index (χ0) is 17.6. The van der Waals surface area contributed by atoms with Crippen LogP contribution in [0.2, 0.25) is 0 Å². The lowest BCUT2D eigenvalue weighted by molar-refractivity contribution is 0.102. The van der Waals surface area contributed by atoms with Crippen molar-refractivity contribution >= 4 is 23.2 Å². The van der Waals surface area contributed by atoms with Crippen LogP contribution in [-0.4, -0.2) is 42.0 Å². The van der Waals surface area contributed by atoms with Crippen LogP contribution in [0.1, 0.15) is 23.2 Å². The number of aromatic nitrogens is 1. The second-order valence-corrected chi connectivity index (χ2v) is 6.24. The molecular formula is C19H21N5O. The number of nitrogens with zero attached hydrogens (tertiary/aromatic N) is 3. The summed E-state index contributed by atoms with van der Waals surface area (Å²) >= 11 is 0. The Morgan fingerprint density at radius 1 is 1.16 bits per heavy atom. The molecule has 1 aromatic heterocycles. The van der Waals surface area contributed by atoms with Crippen LogP contribution in [0.4, 0.5) is 17.3 Å². The van der Waals surface area contributed by atoms with Crippen LogP contribution in [-0.2, 0) is 0 Å². The molecule has 2 heterocycles. The van der Waals surface area contributed by atoms with E-state index in [4.69, 9.17) is 6.57 Å². The molecule has 25 heavy (non-hydrogen) atoms. The highest BCUT2D eigenvalue weighted by atomic mass is 16.1. The summed E-state index contributed by atoms with van der Waals surface area (Å²) in [5.41, 5.74) is 1.02. The summed E-state index contributed by atoms with van der Waals surface area (Å²) < 4.78 is 0. The predicted molar refractivity (Wildman–Crippen MR) is 99.0 cm³/mol. The van der Waals surface area contributed by atoms with E-state index in [1.807, 2.05) is 12.1 Å². The van der Waals surface area contributed by atoms with Gasteiger partial charge in [-0.1, -0.05) is 30.3 Å². The van der Waals surface area contributed by atoms with E-state index >= 15 is 0 Å². The smallest absolute Gasteiger partial charge is 0.256 e. The third-order valence-corrected chi connectivity index (χ3v) is 4.32. The van der Waals surface area contributed by atoms with Gasteiger partial charge in [0.2, 0.25) is 0 Å². The summed E-state index contributed by atoms with van der Waals surface area (Å²) in [5.74, 6) is 1.05. The van der Waals surface area contributed by atoms with Crippen LogP contribution in [0.25, 0.3) is 4.85 Å². The first-order valence-electron chi connectivity index (χ1n) is 8.35. The number of benzene rings is 1. The first-order valence-corrected chi connectivity index (χ1v) is 8.35. The maximum Gasteiger partial charge on any atom is 0.256 e. The second-order valence-electron chi connectivity index (χ2n) is 6.24. The Kier molecular flexibility index (Phi) is 5.26. The van der Waals surface area contributed by atoms with Crippen LogP contribution in [0.5, 0.6) is 0 Å². The Hall–Kier alpha value is -2.91. The molecule has 0 saturated carbocycles. The zero-order valence-electron chi connectivity index (χ0n) is 14.2. The van der Waals surface area contributed by atoms with Gasteiger partial charge in [-0.3, -0.25) is 4.79 Å². The average molecular weight is 335 g/mol. The van der Waals surface area contributed by atoms with Crippen molar-refractivity contribution in [1.29, 1.82) is 0 Å². The Morgan fingerprint density at radius 3 is 2.52 bits per heavy atom. The minimum absolute atomic E-state index is 0.236. The molecule has 1 amide bonds. The van der Waals surface area contributed by atoms with E-state index in [0.29, 0.717) is 23.1 Å². The number of hydrogen-bond acceptors (Lipinski definition) is 4. The Balaban J connectivity index is 1.62. The molecule has 1 fully saturated rings. The summed E-state index contributed by atoms with van der Waals surface area (Å²) in [5, 5.41) is 6.25. The molecule has 0 atom stereocenters. The molecule has 3 rings (SSSR count). The lowest BCUT2D eigenvalue weighted by atomic mass is 10.1. The number of pyridine rings is 1. The Labute approximate surface area is 147 Å². The van der Waals surface area contributed by atoms with Crippen molar-refractivity contribution in [3.05, 3.63) is 59.4 Å². The molecule has 6 heteroatoms. The number of hydrogen-bond donors (Lipinski definition) is 2. The topological polar surface area (TPSA) is 61.6 Å². The van der Waals surface area contributed by atoms with Crippen molar-refractivity contribution in [3.63, 3.8) is 0 Å². The standard InChI is InChI=1S/C19H21N5O/c1-20-15-8-6-14(7-9-15)19(25)23-18-5-3-4-17(22-18)21-16-10-12-24(2)13-11-16/h3-9,16H,10-13H2,2H3,(H2,21,22,23,25). The van der Waals surface area contributed by atoms with Crippen LogP contribution in [0, 0.1) is 6.57 Å². The fraction of sp³-hybridized carbons (Fsp3) is 0.316. The molecule has 0 spiro atoms. The number of carbonyl (C=O) groups excluding carboxylic acids is 1. The Morgan fingerprint density at radius 2 is 1.84 bits per heavy atom. The molecule has 1 aliphatic heterocycles. The molecule has 1 aliphatic rings. The lowest BCUT2D eigenvalue weighted by Gasteiger charge is -2.29. The zero-order valence-corrected chi connectivity index (χ0v) is 14.2. The van der Waals surface area contributed by atoms with E-state index in [0.717, 1.165) is 31.7 Å². The SMILES string of the molecule is [C-]#[N+]c1ccc(C(=O)Nc2cccc(NC3CCN(C)CC3)n2)cc1. The summed E-state index contributed by atoms with van der Waals surface area (Å²) in [6.45, 7) is 9.10. The molecule has 0 aliphatic carbocycles. The van der Waals surface area contributed by atoms with E-state index in [-0.39, 0.29) is 5.91 Å². The van der Waals surface area contributed by atoms with Crippen LogP contribution in [0.3, 0.4) is 0 Å². The van der Waals surface area contributed by atoms with Gasteiger partial charge in [-0.25, -0.2) is 9.83 Å². The molecule has 0 bridgehead atoms. The summed E-state index contributed by atoms with van der Waals surface area (Å²) in [6.07, 6.45) is 2.17. The van der Waals surface area contributed by atoms with Crippen molar-refractivity contribution < 1.29 is 4.79 Å². The third-order valence-electron chi connectivity index (χ3n) is 4.32. The van der Waals surface area contributed by atoms with Crippen molar-refractivity contribution in [2.75, 3.05) is 30.8 Å². The van der Waals surface area contributed by atoms with Gasteiger partial charge in [0.05, 0.1) is 6.57 Å². The number of rotatable bonds is 4. The summed E-state index contributed by atoms with van der Waals surface area (Å²) in [4.78, 5) is 22.4. The quantitative estimate of drug-likeness (QED) is 0.841. The van der Waals surface area contributed by atoms with Crippen LogP contribution in [0.15, 0.2) is 42.5 Å². The first-order chi connectivity index (χ1) is 12.1.